The zero-order valence-corrected chi connectivity index (χ0v) is 8.38. The van der Waals surface area contributed by atoms with Gasteiger partial charge in [0.25, 0.3) is 5.91 Å². The zero-order valence-electron chi connectivity index (χ0n) is 8.38. The van der Waals surface area contributed by atoms with E-state index >= 15 is 0 Å². The Balaban J connectivity index is 2.05. The Morgan fingerprint density at radius 2 is 2.29 bits per heavy atom. The first kappa shape index (κ1) is 9.86. The summed E-state index contributed by atoms with van der Waals surface area (Å²) >= 11 is 0. The van der Waals surface area contributed by atoms with Crippen molar-refractivity contribution in [3.05, 3.63) is 0 Å². The minimum atomic E-state index is -0.662. The number of rotatable bonds is 3. The van der Waals surface area contributed by atoms with Crippen LogP contribution in [0.3, 0.4) is 0 Å². The predicted molar refractivity (Wildman–Crippen MR) is 46.1 cm³/mol. The maximum Gasteiger partial charge on any atom is 0.254 e. The molecule has 2 heterocycles. The highest BCUT2D eigenvalue weighted by Crippen LogP contribution is 2.58. The minimum absolute atomic E-state index is 0.110. The van der Waals surface area contributed by atoms with Gasteiger partial charge in [0.2, 0.25) is 0 Å². The van der Waals surface area contributed by atoms with Gasteiger partial charge < -0.3 is 4.74 Å². The maximum absolute atomic E-state index is 12.6. The average Bonchev–Trinajstić information content (AvgIpc) is 2.70. The third kappa shape index (κ3) is 1.09. The second kappa shape index (κ2) is 2.90. The van der Waals surface area contributed by atoms with Crippen molar-refractivity contribution in [3.63, 3.8) is 0 Å². The standard InChI is InChI=1S/C9H14FNO3/c1-11(13-2)7(12)8-3-9(4-8,5-10)14-6-8/h3-6H2,1-2H3. The molecule has 0 atom stereocenters. The van der Waals surface area contributed by atoms with Gasteiger partial charge in [-0.15, -0.1) is 0 Å². The molecule has 1 aliphatic carbocycles. The van der Waals surface area contributed by atoms with Crippen LogP contribution in [0.2, 0.25) is 0 Å². The van der Waals surface area contributed by atoms with Crippen molar-refractivity contribution in [2.24, 2.45) is 5.41 Å². The molecule has 1 saturated carbocycles. The summed E-state index contributed by atoms with van der Waals surface area (Å²) in [7, 11) is 3.00. The Hall–Kier alpha value is -0.680. The molecule has 14 heavy (non-hydrogen) atoms. The molecule has 0 aromatic heterocycles. The molecular weight excluding hydrogens is 189 g/mol. The second-order valence-corrected chi connectivity index (χ2v) is 4.22. The van der Waals surface area contributed by atoms with Crippen molar-refractivity contribution >= 4 is 5.91 Å². The van der Waals surface area contributed by atoms with Crippen molar-refractivity contribution < 1.29 is 18.8 Å². The van der Waals surface area contributed by atoms with Crippen molar-refractivity contribution in [1.29, 1.82) is 0 Å². The number of hydroxylamine groups is 2. The number of carbonyl (C=O) groups excluding carboxylic acids is 1. The van der Waals surface area contributed by atoms with Crippen molar-refractivity contribution in [2.45, 2.75) is 18.4 Å². The van der Waals surface area contributed by atoms with Crippen LogP contribution in [0.5, 0.6) is 0 Å². The van der Waals surface area contributed by atoms with Crippen LogP contribution in [0.1, 0.15) is 12.8 Å². The van der Waals surface area contributed by atoms with Gasteiger partial charge in [0.1, 0.15) is 6.67 Å². The molecule has 0 aromatic carbocycles. The number of hydrogen-bond donors (Lipinski definition) is 0. The molecule has 4 nitrogen and oxygen atoms in total. The molecule has 0 spiro atoms. The monoisotopic (exact) mass is 203 g/mol. The highest BCUT2D eigenvalue weighted by molar-refractivity contribution is 5.84. The zero-order chi connectivity index (χ0) is 10.4. The van der Waals surface area contributed by atoms with Gasteiger partial charge in [0.15, 0.2) is 0 Å². The lowest BCUT2D eigenvalue weighted by molar-refractivity contribution is -0.185. The lowest BCUT2D eigenvalue weighted by Gasteiger charge is -2.42. The van der Waals surface area contributed by atoms with Gasteiger partial charge in [0.05, 0.1) is 24.7 Å². The SMILES string of the molecule is CON(C)C(=O)C12COC(CF)(C1)C2. The molecule has 3 aliphatic rings. The van der Waals surface area contributed by atoms with E-state index in [0.29, 0.717) is 19.4 Å². The molecule has 2 aliphatic heterocycles. The fraction of sp³-hybridized carbons (Fsp3) is 0.889. The van der Waals surface area contributed by atoms with Crippen LogP contribution >= 0.6 is 0 Å². The summed E-state index contributed by atoms with van der Waals surface area (Å²) in [5.41, 5.74) is -1.18. The van der Waals surface area contributed by atoms with Crippen LogP contribution in [0.15, 0.2) is 0 Å². The summed E-state index contributed by atoms with van der Waals surface area (Å²) in [6, 6.07) is 0. The maximum atomic E-state index is 12.6. The summed E-state index contributed by atoms with van der Waals surface area (Å²) in [5.74, 6) is -0.110. The molecule has 1 amide bonds. The molecule has 0 radical (unpaired) electrons. The molecule has 80 valence electrons. The van der Waals surface area contributed by atoms with E-state index in [2.05, 4.69) is 0 Å². The molecule has 0 N–H and O–H groups in total. The predicted octanol–water partition coefficient (Wildman–Crippen LogP) is 0.525. The van der Waals surface area contributed by atoms with E-state index in [4.69, 9.17) is 9.57 Å². The first-order chi connectivity index (χ1) is 6.57. The molecule has 3 rings (SSSR count). The molecule has 5 heteroatoms. The largest absolute Gasteiger partial charge is 0.371 e. The van der Waals surface area contributed by atoms with Crippen LogP contribution < -0.4 is 0 Å². The van der Waals surface area contributed by atoms with Crippen molar-refractivity contribution in [3.8, 4) is 0 Å². The summed E-state index contributed by atoms with van der Waals surface area (Å²) in [5, 5.41) is 1.19. The third-order valence-electron chi connectivity index (χ3n) is 3.23. The molecule has 3 fully saturated rings. The quantitative estimate of drug-likeness (QED) is 0.628. The number of amides is 1. The van der Waals surface area contributed by atoms with Gasteiger partial charge in [-0.05, 0) is 12.8 Å². The van der Waals surface area contributed by atoms with Crippen LogP contribution in [-0.4, -0.2) is 44.0 Å². The summed E-state index contributed by atoms with van der Waals surface area (Å²) < 4.78 is 17.9. The summed E-state index contributed by atoms with van der Waals surface area (Å²) in [6.07, 6.45) is 0.978. The number of nitrogens with zero attached hydrogens (tertiary/aromatic N) is 1. The van der Waals surface area contributed by atoms with Crippen LogP contribution in [0, 0.1) is 5.41 Å². The van der Waals surface area contributed by atoms with E-state index in [0.717, 1.165) is 0 Å². The van der Waals surface area contributed by atoms with E-state index in [-0.39, 0.29) is 5.91 Å². The Bertz CT molecular complexity index is 263. The van der Waals surface area contributed by atoms with Gasteiger partial charge in [-0.3, -0.25) is 9.63 Å². The minimum Gasteiger partial charge on any atom is -0.371 e. The number of alkyl halides is 1. The van der Waals surface area contributed by atoms with Crippen molar-refractivity contribution in [1.82, 2.24) is 5.06 Å². The van der Waals surface area contributed by atoms with Gasteiger partial charge in [-0.1, -0.05) is 0 Å². The summed E-state index contributed by atoms with van der Waals surface area (Å²) in [4.78, 5) is 16.6. The topological polar surface area (TPSA) is 38.8 Å². The third-order valence-corrected chi connectivity index (χ3v) is 3.23. The van der Waals surface area contributed by atoms with E-state index in [1.807, 2.05) is 0 Å². The first-order valence-corrected chi connectivity index (χ1v) is 4.60. The molecule has 2 bridgehead atoms. The molecular formula is C9H14FNO3. The van der Waals surface area contributed by atoms with Crippen LogP contribution in [-0.2, 0) is 14.4 Å². The number of ether oxygens (including phenoxy) is 1. The van der Waals surface area contributed by atoms with E-state index in [1.54, 1.807) is 7.05 Å². The number of halogens is 1. The number of carbonyl (C=O) groups is 1. The number of fused-ring (bicyclic) bond motifs is 1. The smallest absolute Gasteiger partial charge is 0.254 e. The van der Waals surface area contributed by atoms with Crippen LogP contribution in [0.25, 0.3) is 0 Å². The normalized spacial score (nSPS) is 39.4. The highest BCUT2D eigenvalue weighted by atomic mass is 19.1. The first-order valence-electron chi connectivity index (χ1n) is 4.60. The van der Waals surface area contributed by atoms with Crippen LogP contribution in [0.4, 0.5) is 4.39 Å². The van der Waals surface area contributed by atoms with Gasteiger partial charge in [0, 0.05) is 7.05 Å². The van der Waals surface area contributed by atoms with E-state index in [9.17, 15) is 9.18 Å². The highest BCUT2D eigenvalue weighted by Gasteiger charge is 2.67. The number of hydrogen-bond acceptors (Lipinski definition) is 3. The molecule has 0 unspecified atom stereocenters. The molecule has 2 saturated heterocycles. The van der Waals surface area contributed by atoms with Gasteiger partial charge in [-0.25, -0.2) is 9.45 Å². The fourth-order valence-corrected chi connectivity index (χ4v) is 2.44. The molecule has 0 aromatic rings. The fourth-order valence-electron chi connectivity index (χ4n) is 2.44. The Kier molecular flexibility index (Phi) is 2.04. The second-order valence-electron chi connectivity index (χ2n) is 4.22. The lowest BCUT2D eigenvalue weighted by Crippen LogP contribution is -2.53. The van der Waals surface area contributed by atoms with Gasteiger partial charge >= 0.3 is 0 Å². The van der Waals surface area contributed by atoms with E-state index in [1.165, 1.54) is 12.2 Å². The lowest BCUT2D eigenvalue weighted by atomic mass is 9.62. The van der Waals surface area contributed by atoms with E-state index < -0.39 is 17.7 Å². The Morgan fingerprint density at radius 3 is 2.71 bits per heavy atom. The van der Waals surface area contributed by atoms with Crippen molar-refractivity contribution in [2.75, 3.05) is 27.4 Å². The average molecular weight is 203 g/mol. The Morgan fingerprint density at radius 1 is 1.64 bits per heavy atom. The Labute approximate surface area is 81.9 Å². The van der Waals surface area contributed by atoms with Gasteiger partial charge in [-0.2, -0.15) is 0 Å². The summed E-state index contributed by atoms with van der Waals surface area (Å²) in [6.45, 7) is -0.178.